The van der Waals surface area contributed by atoms with E-state index < -0.39 is 0 Å². The van der Waals surface area contributed by atoms with Crippen molar-refractivity contribution in [1.82, 2.24) is 4.90 Å². The molecule has 0 bridgehead atoms. The number of rotatable bonds is 11. The van der Waals surface area contributed by atoms with Crippen LogP contribution in [-0.4, -0.2) is 50.6 Å². The molecule has 0 spiro atoms. The van der Waals surface area contributed by atoms with Crippen LogP contribution < -0.4 is 10.2 Å². The number of nitrogens with zero attached hydrogens (tertiary/aromatic N) is 2. The maximum atomic E-state index is 13.3. The highest BCUT2D eigenvalue weighted by atomic mass is 16.5. The molecule has 0 fully saturated rings. The quantitative estimate of drug-likeness (QED) is 0.417. The Balaban J connectivity index is 1.82. The van der Waals surface area contributed by atoms with Crippen LogP contribution >= 0.6 is 0 Å². The number of hydrogen-bond donors (Lipinski definition) is 1. The van der Waals surface area contributed by atoms with Crippen molar-refractivity contribution in [3.8, 4) is 0 Å². The van der Waals surface area contributed by atoms with Gasteiger partial charge < -0.3 is 15.0 Å². The van der Waals surface area contributed by atoms with Gasteiger partial charge in [-0.05, 0) is 49.6 Å². The maximum Gasteiger partial charge on any atom is 0.278 e. The van der Waals surface area contributed by atoms with Crippen molar-refractivity contribution in [3.63, 3.8) is 0 Å². The zero-order chi connectivity index (χ0) is 23.1. The molecule has 3 rings (SSSR count). The molecule has 1 N–H and O–H groups in total. The summed E-state index contributed by atoms with van der Waals surface area (Å²) < 4.78 is 5.60. The van der Waals surface area contributed by atoms with Crippen LogP contribution in [-0.2, 0) is 14.3 Å². The first-order chi connectivity index (χ1) is 15.4. The number of carbonyl (C=O) groups is 2. The minimum Gasteiger partial charge on any atom is -0.381 e. The number of hydrogen-bond acceptors (Lipinski definition) is 5. The number of nitrogens with one attached hydrogen (secondary N) is 1. The Kier molecular flexibility index (Phi) is 8.06. The van der Waals surface area contributed by atoms with E-state index in [9.17, 15) is 9.59 Å². The molecule has 0 aliphatic carbocycles. The monoisotopic (exact) mass is 435 g/mol. The molecule has 0 atom stereocenters. The average Bonchev–Trinajstić information content (AvgIpc) is 3.01. The predicted molar refractivity (Wildman–Crippen MR) is 130 cm³/mol. The normalized spacial score (nSPS) is 13.8. The molecule has 2 aromatic rings. The molecule has 1 heterocycles. The van der Waals surface area contributed by atoms with Crippen molar-refractivity contribution in [2.24, 2.45) is 0 Å². The standard InChI is InChI=1S/C26H33N3O3/c1-5-6-17-32-18-7-16-29-25(30)23(20-10-8-19(2)9-11-20)24(26(29)31)27-21-12-14-22(15-13-21)28(3)4/h8-15,27H,5-7,16-18H2,1-4H3. The molecule has 0 saturated heterocycles. The number of carbonyl (C=O) groups excluding carboxylic acids is 2. The fraction of sp³-hybridized carbons (Fsp3) is 0.385. The topological polar surface area (TPSA) is 61.9 Å². The van der Waals surface area contributed by atoms with E-state index in [4.69, 9.17) is 4.74 Å². The van der Waals surface area contributed by atoms with Crippen LogP contribution in [0.15, 0.2) is 54.2 Å². The molecule has 170 valence electrons. The Hall–Kier alpha value is -3.12. The Bertz CT molecular complexity index is 963. The highest BCUT2D eigenvalue weighted by Gasteiger charge is 2.38. The fourth-order valence-corrected chi connectivity index (χ4v) is 3.54. The molecule has 1 aliphatic heterocycles. The summed E-state index contributed by atoms with van der Waals surface area (Å²) in [6, 6.07) is 15.5. The summed E-state index contributed by atoms with van der Waals surface area (Å²) in [6.45, 7) is 5.69. The second-order valence-electron chi connectivity index (χ2n) is 8.26. The van der Waals surface area contributed by atoms with E-state index in [1.165, 1.54) is 4.90 Å². The lowest BCUT2D eigenvalue weighted by Crippen LogP contribution is -2.34. The first-order valence-corrected chi connectivity index (χ1v) is 11.2. The zero-order valence-electron chi connectivity index (χ0n) is 19.5. The summed E-state index contributed by atoms with van der Waals surface area (Å²) in [7, 11) is 3.95. The van der Waals surface area contributed by atoms with Gasteiger partial charge in [0.1, 0.15) is 5.70 Å². The van der Waals surface area contributed by atoms with Gasteiger partial charge in [0.15, 0.2) is 0 Å². The SMILES string of the molecule is CCCCOCCCN1C(=O)C(Nc2ccc(N(C)C)cc2)=C(c2ccc(C)cc2)C1=O. The molecule has 1 aliphatic rings. The van der Waals surface area contributed by atoms with Gasteiger partial charge in [-0.2, -0.15) is 0 Å². The van der Waals surface area contributed by atoms with Gasteiger partial charge in [-0.15, -0.1) is 0 Å². The third-order valence-electron chi connectivity index (χ3n) is 5.47. The van der Waals surface area contributed by atoms with E-state index in [1.54, 1.807) is 0 Å². The van der Waals surface area contributed by atoms with E-state index in [2.05, 4.69) is 12.2 Å². The van der Waals surface area contributed by atoms with Crippen molar-refractivity contribution in [1.29, 1.82) is 0 Å². The molecule has 6 heteroatoms. The summed E-state index contributed by atoms with van der Waals surface area (Å²) >= 11 is 0. The van der Waals surface area contributed by atoms with Crippen molar-refractivity contribution >= 4 is 28.8 Å². The number of imide groups is 1. The number of amides is 2. The smallest absolute Gasteiger partial charge is 0.278 e. The van der Waals surface area contributed by atoms with Gasteiger partial charge in [-0.25, -0.2) is 0 Å². The van der Waals surface area contributed by atoms with E-state index in [1.807, 2.05) is 74.4 Å². The summed E-state index contributed by atoms with van der Waals surface area (Å²) in [4.78, 5) is 29.9. The van der Waals surface area contributed by atoms with Gasteiger partial charge in [0.2, 0.25) is 0 Å². The van der Waals surface area contributed by atoms with Crippen LogP contribution in [0.2, 0.25) is 0 Å². The fourth-order valence-electron chi connectivity index (χ4n) is 3.54. The molecule has 0 saturated carbocycles. The number of ether oxygens (including phenoxy) is 1. The molecule has 0 aromatic heterocycles. The number of aryl methyl sites for hydroxylation is 1. The summed E-state index contributed by atoms with van der Waals surface area (Å²) in [5, 5.41) is 3.22. The lowest BCUT2D eigenvalue weighted by atomic mass is 10.0. The second kappa shape index (κ2) is 11.0. The summed E-state index contributed by atoms with van der Waals surface area (Å²) in [5.74, 6) is -0.560. The number of benzene rings is 2. The molecular formula is C26H33N3O3. The Morgan fingerprint density at radius 3 is 2.19 bits per heavy atom. The molecular weight excluding hydrogens is 402 g/mol. The third-order valence-corrected chi connectivity index (χ3v) is 5.47. The lowest BCUT2D eigenvalue weighted by molar-refractivity contribution is -0.137. The first-order valence-electron chi connectivity index (χ1n) is 11.2. The van der Waals surface area contributed by atoms with E-state index in [0.29, 0.717) is 37.4 Å². The zero-order valence-corrected chi connectivity index (χ0v) is 19.5. The van der Waals surface area contributed by atoms with Crippen LogP contribution in [0, 0.1) is 6.92 Å². The minimum atomic E-state index is -0.296. The highest BCUT2D eigenvalue weighted by molar-refractivity contribution is 6.36. The number of unbranched alkanes of at least 4 members (excludes halogenated alkanes) is 1. The molecule has 32 heavy (non-hydrogen) atoms. The van der Waals surface area contributed by atoms with Gasteiger partial charge in [-0.3, -0.25) is 14.5 Å². The first kappa shape index (κ1) is 23.5. The summed E-state index contributed by atoms with van der Waals surface area (Å²) in [5.41, 5.74) is 4.40. The molecule has 0 unspecified atom stereocenters. The van der Waals surface area contributed by atoms with Crippen LogP contribution in [0.25, 0.3) is 5.57 Å². The van der Waals surface area contributed by atoms with Crippen LogP contribution in [0.5, 0.6) is 0 Å². The summed E-state index contributed by atoms with van der Waals surface area (Å²) in [6.07, 6.45) is 2.71. The van der Waals surface area contributed by atoms with Crippen molar-refractivity contribution in [3.05, 3.63) is 65.4 Å². The predicted octanol–water partition coefficient (Wildman–Crippen LogP) is 4.46. The van der Waals surface area contributed by atoms with Crippen molar-refractivity contribution in [2.45, 2.75) is 33.1 Å². The molecule has 2 aromatic carbocycles. The van der Waals surface area contributed by atoms with Gasteiger partial charge >= 0.3 is 0 Å². The molecule has 2 amide bonds. The molecule has 0 radical (unpaired) electrons. The largest absolute Gasteiger partial charge is 0.381 e. The highest BCUT2D eigenvalue weighted by Crippen LogP contribution is 2.31. The Labute approximate surface area is 190 Å². The van der Waals surface area contributed by atoms with Crippen molar-refractivity contribution in [2.75, 3.05) is 44.1 Å². The Morgan fingerprint density at radius 1 is 0.906 bits per heavy atom. The number of anilines is 2. The third kappa shape index (κ3) is 5.56. The van der Waals surface area contributed by atoms with Crippen molar-refractivity contribution < 1.29 is 14.3 Å². The maximum absolute atomic E-state index is 13.3. The van der Waals surface area contributed by atoms with Gasteiger partial charge in [0.05, 0.1) is 5.57 Å². The van der Waals surface area contributed by atoms with Crippen LogP contribution in [0.3, 0.4) is 0 Å². The van der Waals surface area contributed by atoms with E-state index in [-0.39, 0.29) is 11.8 Å². The van der Waals surface area contributed by atoms with Gasteiger partial charge in [-0.1, -0.05) is 43.2 Å². The van der Waals surface area contributed by atoms with Crippen LogP contribution in [0.4, 0.5) is 11.4 Å². The van der Waals surface area contributed by atoms with Gasteiger partial charge in [0.25, 0.3) is 11.8 Å². The Morgan fingerprint density at radius 2 is 1.56 bits per heavy atom. The van der Waals surface area contributed by atoms with Gasteiger partial charge in [0, 0.05) is 45.2 Å². The molecule has 6 nitrogen and oxygen atoms in total. The second-order valence-corrected chi connectivity index (χ2v) is 8.26. The van der Waals surface area contributed by atoms with Crippen LogP contribution in [0.1, 0.15) is 37.3 Å². The lowest BCUT2D eigenvalue weighted by Gasteiger charge is -2.16. The van der Waals surface area contributed by atoms with E-state index in [0.717, 1.165) is 35.3 Å². The van der Waals surface area contributed by atoms with E-state index >= 15 is 0 Å². The minimum absolute atomic E-state index is 0.264. The average molecular weight is 436 g/mol.